The zero-order valence-corrected chi connectivity index (χ0v) is 15.8. The normalized spacial score (nSPS) is 19.2. The number of amides is 1. The van der Waals surface area contributed by atoms with Crippen LogP contribution in [0.4, 0.5) is 4.79 Å². The lowest BCUT2D eigenvalue weighted by molar-refractivity contribution is 0.0287. The number of ether oxygens (including phenoxy) is 1. The molecule has 2 atom stereocenters. The summed E-state index contributed by atoms with van der Waals surface area (Å²) in [5, 5.41) is 2.65. The van der Waals surface area contributed by atoms with Crippen LogP contribution in [0.15, 0.2) is 42.5 Å². The van der Waals surface area contributed by atoms with Gasteiger partial charge in [0, 0.05) is 13.1 Å². The van der Waals surface area contributed by atoms with Gasteiger partial charge in [-0.1, -0.05) is 49.4 Å². The fourth-order valence-electron chi connectivity index (χ4n) is 3.82. The fraction of sp³-hybridized carbons (Fsp3) is 0.500. The molecule has 0 radical (unpaired) electrons. The molecule has 0 aliphatic carbocycles. The van der Waals surface area contributed by atoms with E-state index in [0.29, 0.717) is 11.8 Å². The summed E-state index contributed by atoms with van der Waals surface area (Å²) in [6, 6.07) is 15.1. The number of hydrogen-bond donors (Lipinski definition) is 0. The second-order valence-electron chi connectivity index (χ2n) is 8.29. The minimum atomic E-state index is -0.425. The van der Waals surface area contributed by atoms with Gasteiger partial charge in [0.05, 0.1) is 0 Å². The molecule has 0 aromatic heterocycles. The highest BCUT2D eigenvalue weighted by Gasteiger charge is 2.30. The summed E-state index contributed by atoms with van der Waals surface area (Å²) in [6.45, 7) is 9.67. The summed E-state index contributed by atoms with van der Waals surface area (Å²) in [5.74, 6) is 1.02. The Morgan fingerprint density at radius 1 is 1.20 bits per heavy atom. The molecule has 2 aromatic carbocycles. The Morgan fingerprint density at radius 2 is 1.92 bits per heavy atom. The SMILES string of the molecule is C[C@@H](CC1CCN(C(=O)OC(C)(C)C)C1)c1cccc2ccccc12. The molecule has 1 aliphatic heterocycles. The van der Waals surface area contributed by atoms with E-state index >= 15 is 0 Å². The van der Waals surface area contributed by atoms with Gasteiger partial charge in [-0.2, -0.15) is 0 Å². The summed E-state index contributed by atoms with van der Waals surface area (Å²) >= 11 is 0. The van der Waals surface area contributed by atoms with Crippen LogP contribution in [0.3, 0.4) is 0 Å². The quantitative estimate of drug-likeness (QED) is 0.729. The number of benzene rings is 2. The third kappa shape index (κ3) is 4.33. The Hall–Kier alpha value is -2.03. The van der Waals surface area contributed by atoms with Crippen LogP contribution in [0.1, 0.15) is 52.0 Å². The van der Waals surface area contributed by atoms with E-state index in [4.69, 9.17) is 4.74 Å². The van der Waals surface area contributed by atoms with E-state index in [1.54, 1.807) is 0 Å². The molecular formula is C22H29NO2. The molecule has 1 fully saturated rings. The lowest BCUT2D eigenvalue weighted by Gasteiger charge is -2.25. The number of nitrogens with zero attached hydrogens (tertiary/aromatic N) is 1. The van der Waals surface area contributed by atoms with Gasteiger partial charge in [0.15, 0.2) is 0 Å². The van der Waals surface area contributed by atoms with Crippen molar-refractivity contribution >= 4 is 16.9 Å². The maximum absolute atomic E-state index is 12.2. The van der Waals surface area contributed by atoms with E-state index in [1.165, 1.54) is 16.3 Å². The van der Waals surface area contributed by atoms with Gasteiger partial charge in [0.2, 0.25) is 0 Å². The predicted octanol–water partition coefficient (Wildman–Crippen LogP) is 5.59. The molecule has 1 aliphatic rings. The zero-order valence-electron chi connectivity index (χ0n) is 15.8. The molecule has 1 heterocycles. The van der Waals surface area contributed by atoms with Crippen LogP contribution in [-0.4, -0.2) is 29.7 Å². The highest BCUT2D eigenvalue weighted by Crippen LogP contribution is 2.33. The predicted molar refractivity (Wildman–Crippen MR) is 103 cm³/mol. The van der Waals surface area contributed by atoms with Crippen LogP contribution in [0.25, 0.3) is 10.8 Å². The number of carbonyl (C=O) groups excluding carboxylic acids is 1. The highest BCUT2D eigenvalue weighted by molar-refractivity contribution is 5.86. The van der Waals surface area contributed by atoms with E-state index in [0.717, 1.165) is 25.9 Å². The van der Waals surface area contributed by atoms with Gasteiger partial charge in [-0.15, -0.1) is 0 Å². The number of fused-ring (bicyclic) bond motifs is 1. The Bertz CT molecular complexity index is 742. The van der Waals surface area contributed by atoms with E-state index in [9.17, 15) is 4.79 Å². The van der Waals surface area contributed by atoms with Crippen molar-refractivity contribution < 1.29 is 9.53 Å². The summed E-state index contributed by atoms with van der Waals surface area (Å²) in [5.41, 5.74) is 0.986. The van der Waals surface area contributed by atoms with Crippen molar-refractivity contribution in [3.05, 3.63) is 48.0 Å². The molecule has 134 valence electrons. The molecule has 25 heavy (non-hydrogen) atoms. The summed E-state index contributed by atoms with van der Waals surface area (Å²) in [7, 11) is 0. The van der Waals surface area contributed by atoms with Gasteiger partial charge in [0.1, 0.15) is 5.60 Å². The number of carbonyl (C=O) groups is 1. The Morgan fingerprint density at radius 3 is 2.68 bits per heavy atom. The molecule has 0 saturated carbocycles. The van der Waals surface area contributed by atoms with Gasteiger partial charge >= 0.3 is 6.09 Å². The molecule has 3 rings (SSSR count). The lowest BCUT2D eigenvalue weighted by Crippen LogP contribution is -2.35. The van der Waals surface area contributed by atoms with Crippen LogP contribution in [-0.2, 0) is 4.74 Å². The van der Waals surface area contributed by atoms with Gasteiger partial charge in [-0.05, 0) is 61.8 Å². The molecule has 0 N–H and O–H groups in total. The fourth-order valence-corrected chi connectivity index (χ4v) is 3.82. The minimum Gasteiger partial charge on any atom is -0.444 e. The van der Waals surface area contributed by atoms with E-state index < -0.39 is 5.60 Å². The monoisotopic (exact) mass is 339 g/mol. The number of rotatable bonds is 3. The third-order valence-corrected chi connectivity index (χ3v) is 4.98. The topological polar surface area (TPSA) is 29.5 Å². The van der Waals surface area contributed by atoms with Crippen molar-refractivity contribution in [2.24, 2.45) is 5.92 Å². The smallest absolute Gasteiger partial charge is 0.410 e. The molecule has 2 aromatic rings. The Labute approximate surface area is 151 Å². The van der Waals surface area contributed by atoms with Gasteiger partial charge in [-0.25, -0.2) is 4.79 Å². The van der Waals surface area contributed by atoms with Crippen LogP contribution in [0.2, 0.25) is 0 Å². The van der Waals surface area contributed by atoms with Crippen molar-refractivity contribution in [1.82, 2.24) is 4.90 Å². The zero-order chi connectivity index (χ0) is 18.0. The molecule has 0 spiro atoms. The van der Waals surface area contributed by atoms with Gasteiger partial charge in [0.25, 0.3) is 0 Å². The first-order valence-electron chi connectivity index (χ1n) is 9.29. The van der Waals surface area contributed by atoms with E-state index in [1.807, 2.05) is 25.7 Å². The van der Waals surface area contributed by atoms with E-state index in [2.05, 4.69) is 49.4 Å². The standard InChI is InChI=1S/C22H29NO2/c1-16(19-11-7-9-18-8-5-6-10-20(18)19)14-17-12-13-23(15-17)21(24)25-22(2,3)4/h5-11,16-17H,12-15H2,1-4H3/t16-,17?/m0/s1. The third-order valence-electron chi connectivity index (χ3n) is 4.98. The Balaban J connectivity index is 1.64. The maximum atomic E-state index is 12.2. The van der Waals surface area contributed by atoms with Crippen molar-refractivity contribution in [3.63, 3.8) is 0 Å². The largest absolute Gasteiger partial charge is 0.444 e. The minimum absolute atomic E-state index is 0.173. The molecule has 1 unspecified atom stereocenters. The van der Waals surface area contributed by atoms with Crippen LogP contribution in [0.5, 0.6) is 0 Å². The van der Waals surface area contributed by atoms with Gasteiger partial charge < -0.3 is 9.64 Å². The second kappa shape index (κ2) is 7.07. The number of likely N-dealkylation sites (tertiary alicyclic amines) is 1. The molecule has 1 amide bonds. The first-order valence-corrected chi connectivity index (χ1v) is 9.29. The first-order chi connectivity index (χ1) is 11.8. The van der Waals surface area contributed by atoms with Crippen molar-refractivity contribution in [1.29, 1.82) is 0 Å². The summed E-state index contributed by atoms with van der Waals surface area (Å²) in [4.78, 5) is 14.1. The van der Waals surface area contributed by atoms with Crippen LogP contribution >= 0.6 is 0 Å². The van der Waals surface area contributed by atoms with Crippen LogP contribution < -0.4 is 0 Å². The molecule has 0 bridgehead atoms. The average molecular weight is 339 g/mol. The van der Waals surface area contributed by atoms with E-state index in [-0.39, 0.29) is 6.09 Å². The first kappa shape index (κ1) is 17.8. The Kier molecular flexibility index (Phi) is 5.03. The van der Waals surface area contributed by atoms with Gasteiger partial charge in [-0.3, -0.25) is 0 Å². The summed E-state index contributed by atoms with van der Waals surface area (Å²) in [6.07, 6.45) is 1.99. The highest BCUT2D eigenvalue weighted by atomic mass is 16.6. The molecule has 3 heteroatoms. The van der Waals surface area contributed by atoms with Crippen molar-refractivity contribution in [3.8, 4) is 0 Å². The molecule has 3 nitrogen and oxygen atoms in total. The maximum Gasteiger partial charge on any atom is 0.410 e. The lowest BCUT2D eigenvalue weighted by atomic mass is 9.87. The number of hydrogen-bond acceptors (Lipinski definition) is 2. The van der Waals surface area contributed by atoms with Crippen molar-refractivity contribution in [2.45, 2.75) is 52.1 Å². The molecular weight excluding hydrogens is 310 g/mol. The van der Waals surface area contributed by atoms with Crippen LogP contribution in [0, 0.1) is 5.92 Å². The van der Waals surface area contributed by atoms with Crippen molar-refractivity contribution in [2.75, 3.05) is 13.1 Å². The average Bonchev–Trinajstić information content (AvgIpc) is 3.01. The second-order valence-corrected chi connectivity index (χ2v) is 8.29. The molecule has 1 saturated heterocycles. The summed E-state index contributed by atoms with van der Waals surface area (Å²) < 4.78 is 5.50.